The Morgan fingerprint density at radius 1 is 1.31 bits per heavy atom. The molecule has 0 aliphatic carbocycles. The lowest BCUT2D eigenvalue weighted by Gasteiger charge is -2.25. The molecular weight excluding hydrogens is 372 g/mol. The second kappa shape index (κ2) is 11.8. The first-order valence-corrected chi connectivity index (χ1v) is 9.43. The van der Waals surface area contributed by atoms with Gasteiger partial charge in [-0.1, -0.05) is 17.7 Å². The zero-order valence-electron chi connectivity index (χ0n) is 17.5. The van der Waals surface area contributed by atoms with Crippen LogP contribution < -0.4 is 15.8 Å². The van der Waals surface area contributed by atoms with Crippen molar-refractivity contribution in [2.75, 3.05) is 20.3 Å². The van der Waals surface area contributed by atoms with E-state index in [0.29, 0.717) is 25.1 Å². The number of amidine groups is 1. The lowest BCUT2D eigenvalue weighted by atomic mass is 10.0. The standard InChI is InChI=1S/C21H30N4O4/c1-15-7-9-16(10-8-15)29-14-18(26)17(25-20(27)21(2,3)28-4)6-5-13-24-19(23)11-12-22/h7-10,17H,5-6,11,13-14H2,1-4H3,(H2,23,24)(H,25,27). The van der Waals surface area contributed by atoms with E-state index in [4.69, 9.17) is 20.5 Å². The lowest BCUT2D eigenvalue weighted by molar-refractivity contribution is -0.142. The maximum Gasteiger partial charge on any atom is 0.252 e. The van der Waals surface area contributed by atoms with Gasteiger partial charge in [0.15, 0.2) is 5.78 Å². The number of rotatable bonds is 12. The highest BCUT2D eigenvalue weighted by molar-refractivity contribution is 5.92. The summed E-state index contributed by atoms with van der Waals surface area (Å²) >= 11 is 0. The number of carbonyl (C=O) groups is 2. The molecule has 1 aromatic carbocycles. The minimum absolute atomic E-state index is 0.0610. The van der Waals surface area contributed by atoms with Crippen molar-refractivity contribution in [2.45, 2.75) is 51.7 Å². The van der Waals surface area contributed by atoms with E-state index < -0.39 is 11.6 Å². The van der Waals surface area contributed by atoms with E-state index in [2.05, 4.69) is 10.3 Å². The van der Waals surface area contributed by atoms with Crippen LogP contribution >= 0.6 is 0 Å². The Morgan fingerprint density at radius 2 is 1.97 bits per heavy atom. The van der Waals surface area contributed by atoms with Crippen molar-refractivity contribution in [2.24, 2.45) is 10.7 Å². The van der Waals surface area contributed by atoms with Crippen molar-refractivity contribution >= 4 is 17.5 Å². The van der Waals surface area contributed by atoms with Gasteiger partial charge in [-0.05, 0) is 45.7 Å². The second-order valence-corrected chi connectivity index (χ2v) is 7.16. The predicted molar refractivity (Wildman–Crippen MR) is 111 cm³/mol. The highest BCUT2D eigenvalue weighted by atomic mass is 16.5. The largest absolute Gasteiger partial charge is 0.486 e. The summed E-state index contributed by atoms with van der Waals surface area (Å²) in [6.45, 7) is 5.41. The molecule has 0 aliphatic heterocycles. The van der Waals surface area contributed by atoms with Gasteiger partial charge in [0.25, 0.3) is 5.91 Å². The Morgan fingerprint density at radius 3 is 2.55 bits per heavy atom. The van der Waals surface area contributed by atoms with Crippen LogP contribution in [0.15, 0.2) is 29.3 Å². The number of nitriles is 1. The molecule has 0 aromatic heterocycles. The maximum absolute atomic E-state index is 12.7. The molecule has 1 rings (SSSR count). The van der Waals surface area contributed by atoms with Gasteiger partial charge >= 0.3 is 0 Å². The minimum atomic E-state index is -1.06. The molecule has 3 N–H and O–H groups in total. The zero-order valence-corrected chi connectivity index (χ0v) is 17.5. The monoisotopic (exact) mass is 402 g/mol. The van der Waals surface area contributed by atoms with Crippen molar-refractivity contribution < 1.29 is 19.1 Å². The Bertz CT molecular complexity index is 751. The molecule has 1 amide bonds. The molecule has 8 nitrogen and oxygen atoms in total. The molecule has 0 saturated carbocycles. The SMILES string of the molecule is COC(C)(C)C(=O)NC(CCCN=C(N)CC#N)C(=O)COc1ccc(C)cc1. The number of nitrogens with two attached hydrogens (primary N) is 1. The molecule has 1 aromatic rings. The molecule has 1 unspecified atom stereocenters. The van der Waals surface area contributed by atoms with Crippen LogP contribution in [0, 0.1) is 18.3 Å². The molecular formula is C21H30N4O4. The number of aryl methyl sites for hydroxylation is 1. The summed E-state index contributed by atoms with van der Waals surface area (Å²) in [7, 11) is 1.43. The Kier molecular flexibility index (Phi) is 9.83. The highest BCUT2D eigenvalue weighted by Gasteiger charge is 2.31. The normalized spacial score (nSPS) is 12.7. The first-order valence-electron chi connectivity index (χ1n) is 9.43. The van der Waals surface area contributed by atoms with E-state index in [1.165, 1.54) is 7.11 Å². The molecule has 0 saturated heterocycles. The first kappa shape index (κ1) is 24.1. The predicted octanol–water partition coefficient (Wildman–Crippen LogP) is 1.90. The molecule has 29 heavy (non-hydrogen) atoms. The third kappa shape index (κ3) is 8.75. The number of methoxy groups -OCH3 is 1. The number of ketones is 1. The number of ether oxygens (including phenoxy) is 2. The van der Waals surface area contributed by atoms with Crippen LogP contribution in [-0.2, 0) is 14.3 Å². The van der Waals surface area contributed by atoms with Crippen molar-refractivity contribution in [1.29, 1.82) is 5.26 Å². The molecule has 0 spiro atoms. The Labute approximate surface area is 172 Å². The van der Waals surface area contributed by atoms with Gasteiger partial charge in [0.1, 0.15) is 23.8 Å². The zero-order chi connectivity index (χ0) is 21.9. The number of nitrogens with one attached hydrogen (secondary N) is 1. The van der Waals surface area contributed by atoms with E-state index in [9.17, 15) is 9.59 Å². The first-order chi connectivity index (χ1) is 13.7. The quantitative estimate of drug-likeness (QED) is 0.312. The Hall–Kier alpha value is -2.92. The number of hydrogen-bond acceptors (Lipinski definition) is 6. The summed E-state index contributed by atoms with van der Waals surface area (Å²) in [5, 5.41) is 11.3. The lowest BCUT2D eigenvalue weighted by Crippen LogP contribution is -2.51. The van der Waals surface area contributed by atoms with E-state index >= 15 is 0 Å². The highest BCUT2D eigenvalue weighted by Crippen LogP contribution is 2.13. The minimum Gasteiger partial charge on any atom is -0.486 e. The molecule has 8 heteroatoms. The summed E-state index contributed by atoms with van der Waals surface area (Å²) in [6.07, 6.45) is 0.942. The summed E-state index contributed by atoms with van der Waals surface area (Å²) < 4.78 is 10.7. The van der Waals surface area contributed by atoms with Gasteiger partial charge < -0.3 is 20.5 Å². The van der Waals surface area contributed by atoms with Crippen LogP contribution in [0.25, 0.3) is 0 Å². The number of hydrogen-bond donors (Lipinski definition) is 2. The number of benzene rings is 1. The maximum atomic E-state index is 12.7. The van der Waals surface area contributed by atoms with E-state index in [-0.39, 0.29) is 30.6 Å². The number of Topliss-reactive ketones (excluding diaryl/α,β-unsaturated/α-hetero) is 1. The summed E-state index contributed by atoms with van der Waals surface area (Å²) in [5.41, 5.74) is 5.62. The van der Waals surface area contributed by atoms with E-state index in [1.54, 1.807) is 26.0 Å². The molecule has 0 radical (unpaired) electrons. The molecule has 0 aliphatic rings. The van der Waals surface area contributed by atoms with Crippen molar-refractivity contribution in [3.63, 3.8) is 0 Å². The summed E-state index contributed by atoms with van der Waals surface area (Å²) in [6, 6.07) is 8.54. The molecule has 0 heterocycles. The van der Waals surface area contributed by atoms with Crippen molar-refractivity contribution in [1.82, 2.24) is 5.32 Å². The van der Waals surface area contributed by atoms with E-state index in [0.717, 1.165) is 5.56 Å². The Balaban J connectivity index is 2.73. The number of carbonyl (C=O) groups excluding carboxylic acids is 2. The average Bonchev–Trinajstić information content (AvgIpc) is 2.69. The van der Waals surface area contributed by atoms with Gasteiger partial charge in [-0.25, -0.2) is 0 Å². The van der Waals surface area contributed by atoms with Gasteiger partial charge in [0.05, 0.1) is 18.5 Å². The van der Waals surface area contributed by atoms with Crippen LogP contribution in [0.3, 0.4) is 0 Å². The van der Waals surface area contributed by atoms with Crippen LogP contribution in [0.2, 0.25) is 0 Å². The third-order valence-corrected chi connectivity index (χ3v) is 4.38. The second-order valence-electron chi connectivity index (χ2n) is 7.16. The number of amides is 1. The van der Waals surface area contributed by atoms with Gasteiger partial charge in [-0.15, -0.1) is 0 Å². The van der Waals surface area contributed by atoms with Gasteiger partial charge in [-0.2, -0.15) is 5.26 Å². The number of aliphatic imine (C=N–C) groups is 1. The van der Waals surface area contributed by atoms with Gasteiger partial charge in [-0.3, -0.25) is 14.6 Å². The topological polar surface area (TPSA) is 127 Å². The molecule has 0 fully saturated rings. The third-order valence-electron chi connectivity index (χ3n) is 4.38. The van der Waals surface area contributed by atoms with Crippen molar-refractivity contribution in [3.8, 4) is 11.8 Å². The van der Waals surface area contributed by atoms with E-state index in [1.807, 2.05) is 25.1 Å². The number of nitrogens with zero attached hydrogens (tertiary/aromatic N) is 2. The van der Waals surface area contributed by atoms with Gasteiger partial charge in [0, 0.05) is 13.7 Å². The molecule has 1 atom stereocenters. The van der Waals surface area contributed by atoms with Crippen LogP contribution in [0.4, 0.5) is 0 Å². The fourth-order valence-corrected chi connectivity index (χ4v) is 2.28. The van der Waals surface area contributed by atoms with Crippen LogP contribution in [-0.4, -0.2) is 49.4 Å². The van der Waals surface area contributed by atoms with Crippen LogP contribution in [0.5, 0.6) is 5.75 Å². The smallest absolute Gasteiger partial charge is 0.252 e. The summed E-state index contributed by atoms with van der Waals surface area (Å²) in [4.78, 5) is 29.2. The molecule has 0 bridgehead atoms. The van der Waals surface area contributed by atoms with Gasteiger partial charge in [0.2, 0.25) is 0 Å². The molecule has 158 valence electrons. The summed E-state index contributed by atoms with van der Waals surface area (Å²) in [5.74, 6) is 0.198. The van der Waals surface area contributed by atoms with Crippen LogP contribution in [0.1, 0.15) is 38.7 Å². The van der Waals surface area contributed by atoms with Crippen molar-refractivity contribution in [3.05, 3.63) is 29.8 Å². The fourth-order valence-electron chi connectivity index (χ4n) is 2.28. The average molecular weight is 402 g/mol. The fraction of sp³-hybridized carbons (Fsp3) is 0.524.